The van der Waals surface area contributed by atoms with Crippen molar-refractivity contribution in [3.63, 3.8) is 0 Å². The molecule has 1 aromatic heterocycles. The van der Waals surface area contributed by atoms with Gasteiger partial charge in [0, 0.05) is 6.54 Å². The predicted octanol–water partition coefficient (Wildman–Crippen LogP) is 2.35. The monoisotopic (exact) mass is 316 g/mol. The Morgan fingerprint density at radius 2 is 2.10 bits per heavy atom. The molecule has 0 aromatic carbocycles. The number of anilines is 1. The number of carbonyl (C=O) groups is 1. The Kier molecular flexibility index (Phi) is 6.02. The summed E-state index contributed by atoms with van der Waals surface area (Å²) in [6.07, 6.45) is 0.862. The summed E-state index contributed by atoms with van der Waals surface area (Å²) in [5.74, 6) is 0.384. The molecule has 0 atom stereocenters. The van der Waals surface area contributed by atoms with Crippen molar-refractivity contribution in [2.75, 3.05) is 25.4 Å². The molecular formula is C13H21ClN4O3. The number of halogens is 1. The minimum absolute atomic E-state index is 0.141. The van der Waals surface area contributed by atoms with Gasteiger partial charge in [0.2, 0.25) is 0 Å². The topological polar surface area (TPSA) is 90.6 Å². The van der Waals surface area contributed by atoms with Crippen molar-refractivity contribution >= 4 is 23.5 Å². The molecular weight excluding hydrogens is 296 g/mol. The van der Waals surface area contributed by atoms with Gasteiger partial charge >= 0.3 is 6.09 Å². The second-order valence-corrected chi connectivity index (χ2v) is 5.65. The Labute approximate surface area is 129 Å². The van der Waals surface area contributed by atoms with Crippen LogP contribution in [0.4, 0.5) is 10.6 Å². The second-order valence-electron chi connectivity index (χ2n) is 5.29. The van der Waals surface area contributed by atoms with Crippen molar-refractivity contribution in [2.24, 2.45) is 0 Å². The van der Waals surface area contributed by atoms with E-state index in [4.69, 9.17) is 26.8 Å². The van der Waals surface area contributed by atoms with Gasteiger partial charge in [0.25, 0.3) is 0 Å². The fraction of sp³-hybridized carbons (Fsp3) is 0.615. The lowest BCUT2D eigenvalue weighted by molar-refractivity contribution is 0.0237. The number of carbonyl (C=O) groups excluding carboxylic acids is 1. The van der Waals surface area contributed by atoms with E-state index in [0.29, 0.717) is 13.1 Å². The van der Waals surface area contributed by atoms with E-state index in [9.17, 15) is 4.79 Å². The molecule has 0 radical (unpaired) electrons. The van der Waals surface area contributed by atoms with Crippen LogP contribution in [0.25, 0.3) is 0 Å². The highest BCUT2D eigenvalue weighted by molar-refractivity contribution is 6.31. The summed E-state index contributed by atoms with van der Waals surface area (Å²) >= 11 is 5.87. The lowest BCUT2D eigenvalue weighted by atomic mass is 10.2. The largest absolute Gasteiger partial charge is 0.485 e. The van der Waals surface area contributed by atoms with Gasteiger partial charge < -0.3 is 20.1 Å². The first kappa shape index (κ1) is 17.3. The van der Waals surface area contributed by atoms with Crippen LogP contribution in [0.5, 0.6) is 5.75 Å². The minimum atomic E-state index is -0.535. The van der Waals surface area contributed by atoms with Crippen molar-refractivity contribution in [1.82, 2.24) is 14.9 Å². The van der Waals surface area contributed by atoms with E-state index in [1.165, 1.54) is 11.2 Å². The summed E-state index contributed by atoms with van der Waals surface area (Å²) in [4.78, 5) is 21.0. The van der Waals surface area contributed by atoms with Crippen LogP contribution in [0.15, 0.2) is 6.33 Å². The number of hydrogen-bond donors (Lipinski definition) is 1. The van der Waals surface area contributed by atoms with Crippen LogP contribution in [0, 0.1) is 0 Å². The van der Waals surface area contributed by atoms with Crippen molar-refractivity contribution < 1.29 is 14.3 Å². The molecule has 0 bridgehead atoms. The molecule has 2 N–H and O–H groups in total. The highest BCUT2D eigenvalue weighted by atomic mass is 35.5. The SMILES string of the molecule is CCN(CCOc1c(N)ncnc1Cl)C(=O)OC(C)(C)C. The molecule has 118 valence electrons. The van der Waals surface area contributed by atoms with Gasteiger partial charge in [-0.15, -0.1) is 0 Å². The molecule has 8 heteroatoms. The van der Waals surface area contributed by atoms with E-state index < -0.39 is 11.7 Å². The van der Waals surface area contributed by atoms with Gasteiger partial charge in [-0.2, -0.15) is 0 Å². The number of nitrogens with two attached hydrogens (primary N) is 1. The molecule has 0 fully saturated rings. The molecule has 0 spiro atoms. The normalized spacial score (nSPS) is 11.1. The maximum Gasteiger partial charge on any atom is 0.410 e. The third-order valence-electron chi connectivity index (χ3n) is 2.43. The Morgan fingerprint density at radius 1 is 1.43 bits per heavy atom. The predicted molar refractivity (Wildman–Crippen MR) is 80.4 cm³/mol. The van der Waals surface area contributed by atoms with E-state index >= 15 is 0 Å². The van der Waals surface area contributed by atoms with Gasteiger partial charge in [0.1, 0.15) is 18.5 Å². The Balaban J connectivity index is 2.55. The van der Waals surface area contributed by atoms with Gasteiger partial charge in [-0.3, -0.25) is 0 Å². The summed E-state index contributed by atoms with van der Waals surface area (Å²) in [5.41, 5.74) is 5.11. The number of hydrogen-bond acceptors (Lipinski definition) is 6. The zero-order chi connectivity index (χ0) is 16.0. The van der Waals surface area contributed by atoms with Crippen LogP contribution in [0.3, 0.4) is 0 Å². The standard InChI is InChI=1S/C13H21ClN4O3/c1-5-18(12(19)21-13(2,3)4)6-7-20-9-10(14)16-8-17-11(9)15/h8H,5-7H2,1-4H3,(H2,15,16,17). The summed E-state index contributed by atoms with van der Waals surface area (Å²) in [5, 5.41) is 0.141. The molecule has 0 unspecified atom stereocenters. The number of rotatable bonds is 5. The summed E-state index contributed by atoms with van der Waals surface area (Å²) in [6.45, 7) is 8.37. The van der Waals surface area contributed by atoms with E-state index in [2.05, 4.69) is 9.97 Å². The molecule has 21 heavy (non-hydrogen) atoms. The lowest BCUT2D eigenvalue weighted by Gasteiger charge is -2.26. The van der Waals surface area contributed by atoms with Crippen molar-refractivity contribution in [1.29, 1.82) is 0 Å². The fourth-order valence-corrected chi connectivity index (χ4v) is 1.66. The third-order valence-corrected chi connectivity index (χ3v) is 2.70. The number of amides is 1. The number of nitrogens with zero attached hydrogens (tertiary/aromatic N) is 3. The van der Waals surface area contributed by atoms with Crippen LogP contribution in [0.1, 0.15) is 27.7 Å². The number of aromatic nitrogens is 2. The lowest BCUT2D eigenvalue weighted by Crippen LogP contribution is -2.39. The highest BCUT2D eigenvalue weighted by Gasteiger charge is 2.21. The van der Waals surface area contributed by atoms with E-state index in [0.717, 1.165) is 0 Å². The first-order chi connectivity index (χ1) is 9.74. The van der Waals surface area contributed by atoms with Gasteiger partial charge in [0.15, 0.2) is 16.7 Å². The highest BCUT2D eigenvalue weighted by Crippen LogP contribution is 2.26. The fourth-order valence-electron chi connectivity index (χ4n) is 1.46. The Hall–Kier alpha value is -1.76. The number of likely N-dealkylation sites (N-methyl/N-ethyl adjacent to an activating group) is 1. The molecule has 1 amide bonds. The molecule has 7 nitrogen and oxygen atoms in total. The zero-order valence-electron chi connectivity index (χ0n) is 12.7. The average molecular weight is 317 g/mol. The molecule has 0 saturated heterocycles. The molecule has 0 aliphatic heterocycles. The van der Waals surface area contributed by atoms with Crippen molar-refractivity contribution in [3.8, 4) is 5.75 Å². The van der Waals surface area contributed by atoms with Crippen molar-refractivity contribution in [2.45, 2.75) is 33.3 Å². The Morgan fingerprint density at radius 3 is 2.62 bits per heavy atom. The van der Waals surface area contributed by atoms with Crippen LogP contribution < -0.4 is 10.5 Å². The van der Waals surface area contributed by atoms with E-state index in [-0.39, 0.29) is 23.3 Å². The smallest absolute Gasteiger partial charge is 0.410 e. The first-order valence-electron chi connectivity index (χ1n) is 6.61. The van der Waals surface area contributed by atoms with Crippen LogP contribution in [-0.4, -0.2) is 46.3 Å². The maximum atomic E-state index is 11.9. The zero-order valence-corrected chi connectivity index (χ0v) is 13.5. The van der Waals surface area contributed by atoms with Crippen LogP contribution >= 0.6 is 11.6 Å². The minimum Gasteiger partial charge on any atom is -0.485 e. The summed E-state index contributed by atoms with van der Waals surface area (Å²) in [6, 6.07) is 0. The second kappa shape index (κ2) is 7.31. The van der Waals surface area contributed by atoms with Gasteiger partial charge in [-0.1, -0.05) is 11.6 Å². The quantitative estimate of drug-likeness (QED) is 0.838. The van der Waals surface area contributed by atoms with Crippen LogP contribution in [0.2, 0.25) is 5.15 Å². The van der Waals surface area contributed by atoms with Gasteiger partial charge in [0.05, 0.1) is 6.54 Å². The summed E-state index contributed by atoms with van der Waals surface area (Å²) in [7, 11) is 0. The molecule has 1 heterocycles. The van der Waals surface area contributed by atoms with E-state index in [1.54, 1.807) is 0 Å². The third kappa shape index (κ3) is 5.63. The maximum absolute atomic E-state index is 11.9. The molecule has 1 rings (SSSR count). The average Bonchev–Trinajstić information content (AvgIpc) is 2.35. The molecule has 0 aliphatic rings. The summed E-state index contributed by atoms with van der Waals surface area (Å²) < 4.78 is 10.7. The first-order valence-corrected chi connectivity index (χ1v) is 6.99. The molecule has 1 aromatic rings. The van der Waals surface area contributed by atoms with Crippen LogP contribution in [-0.2, 0) is 4.74 Å². The molecule has 0 saturated carbocycles. The Bertz CT molecular complexity index is 471. The molecule has 0 aliphatic carbocycles. The number of nitrogen functional groups attached to an aromatic ring is 1. The van der Waals surface area contributed by atoms with Crippen molar-refractivity contribution in [3.05, 3.63) is 11.5 Å². The van der Waals surface area contributed by atoms with Gasteiger partial charge in [-0.05, 0) is 27.7 Å². The van der Waals surface area contributed by atoms with Gasteiger partial charge in [-0.25, -0.2) is 14.8 Å². The van der Waals surface area contributed by atoms with E-state index in [1.807, 2.05) is 27.7 Å². The number of ether oxygens (including phenoxy) is 2.